The van der Waals surface area contributed by atoms with E-state index in [2.05, 4.69) is 24.2 Å². The molecule has 0 amide bonds. The van der Waals surface area contributed by atoms with Gasteiger partial charge in [0.1, 0.15) is 0 Å². The second-order valence-electron chi connectivity index (χ2n) is 7.19. The number of nitrogens with zero attached hydrogens (tertiary/aromatic N) is 1. The van der Waals surface area contributed by atoms with E-state index in [0.29, 0.717) is 0 Å². The predicted molar refractivity (Wildman–Crippen MR) is 88.2 cm³/mol. The number of hydrogen-bond donors (Lipinski definition) is 1. The highest BCUT2D eigenvalue weighted by Gasteiger charge is 2.27. The van der Waals surface area contributed by atoms with E-state index in [1.807, 2.05) is 0 Å². The molecule has 0 aromatic rings. The van der Waals surface area contributed by atoms with Crippen molar-refractivity contribution in [2.45, 2.75) is 89.6 Å². The van der Waals surface area contributed by atoms with Crippen molar-refractivity contribution in [3.8, 4) is 0 Å². The minimum atomic E-state index is 0.789. The average Bonchev–Trinajstić information content (AvgIpc) is 2.75. The van der Waals surface area contributed by atoms with E-state index in [1.54, 1.807) is 0 Å². The van der Waals surface area contributed by atoms with E-state index in [-0.39, 0.29) is 0 Å². The van der Waals surface area contributed by atoms with Crippen LogP contribution in [0.2, 0.25) is 0 Å². The average molecular weight is 280 g/mol. The van der Waals surface area contributed by atoms with E-state index in [0.717, 1.165) is 18.0 Å². The SMILES string of the molecule is CCCNC1CCCCC1CN(C)C1CCCCCC1. The lowest BCUT2D eigenvalue weighted by molar-refractivity contribution is 0.145. The van der Waals surface area contributed by atoms with Crippen LogP contribution in [0.4, 0.5) is 0 Å². The summed E-state index contributed by atoms with van der Waals surface area (Å²) in [5, 5.41) is 3.82. The van der Waals surface area contributed by atoms with Gasteiger partial charge in [0.2, 0.25) is 0 Å². The zero-order valence-corrected chi connectivity index (χ0v) is 13.9. The van der Waals surface area contributed by atoms with Gasteiger partial charge in [0, 0.05) is 18.6 Å². The van der Waals surface area contributed by atoms with Crippen molar-refractivity contribution in [2.24, 2.45) is 5.92 Å². The maximum absolute atomic E-state index is 3.82. The summed E-state index contributed by atoms with van der Waals surface area (Å²) in [6.45, 7) is 4.81. The van der Waals surface area contributed by atoms with Gasteiger partial charge in [-0.05, 0) is 51.6 Å². The fourth-order valence-electron chi connectivity index (χ4n) is 4.24. The zero-order chi connectivity index (χ0) is 14.2. The summed E-state index contributed by atoms with van der Waals surface area (Å²) in [6, 6.07) is 1.66. The Morgan fingerprint density at radius 1 is 0.900 bits per heavy atom. The summed E-state index contributed by atoms with van der Waals surface area (Å²) in [7, 11) is 2.39. The van der Waals surface area contributed by atoms with Crippen LogP contribution >= 0.6 is 0 Å². The quantitative estimate of drug-likeness (QED) is 0.734. The Morgan fingerprint density at radius 2 is 1.55 bits per heavy atom. The molecule has 0 aromatic carbocycles. The maximum atomic E-state index is 3.82. The van der Waals surface area contributed by atoms with Crippen molar-refractivity contribution < 1.29 is 0 Å². The molecule has 0 heterocycles. The molecule has 0 saturated heterocycles. The Labute approximate surface area is 126 Å². The first-order valence-corrected chi connectivity index (χ1v) is 9.25. The molecule has 118 valence electrons. The molecule has 2 saturated carbocycles. The molecule has 0 aliphatic heterocycles. The number of rotatable bonds is 6. The molecule has 0 bridgehead atoms. The number of nitrogens with one attached hydrogen (secondary N) is 1. The smallest absolute Gasteiger partial charge is 0.0107 e. The maximum Gasteiger partial charge on any atom is 0.0107 e. The molecule has 0 radical (unpaired) electrons. The molecule has 2 aliphatic rings. The summed E-state index contributed by atoms with van der Waals surface area (Å²) >= 11 is 0. The molecule has 2 rings (SSSR count). The molecule has 2 unspecified atom stereocenters. The minimum absolute atomic E-state index is 0.789. The highest BCUT2D eigenvalue weighted by Crippen LogP contribution is 2.28. The van der Waals surface area contributed by atoms with Crippen LogP contribution in [0.5, 0.6) is 0 Å². The predicted octanol–water partition coefficient (Wildman–Crippen LogP) is 4.20. The van der Waals surface area contributed by atoms with E-state index in [9.17, 15) is 0 Å². The highest BCUT2D eigenvalue weighted by molar-refractivity contribution is 4.84. The van der Waals surface area contributed by atoms with Gasteiger partial charge >= 0.3 is 0 Å². The van der Waals surface area contributed by atoms with Gasteiger partial charge in [-0.1, -0.05) is 45.4 Å². The van der Waals surface area contributed by atoms with E-state index in [1.165, 1.54) is 83.7 Å². The molecular weight excluding hydrogens is 244 g/mol. The summed E-state index contributed by atoms with van der Waals surface area (Å²) in [6.07, 6.45) is 15.7. The topological polar surface area (TPSA) is 15.3 Å². The fraction of sp³-hybridized carbons (Fsp3) is 1.00. The van der Waals surface area contributed by atoms with Gasteiger partial charge in [-0.15, -0.1) is 0 Å². The van der Waals surface area contributed by atoms with Crippen molar-refractivity contribution in [2.75, 3.05) is 20.1 Å². The van der Waals surface area contributed by atoms with Crippen LogP contribution in [0.3, 0.4) is 0 Å². The van der Waals surface area contributed by atoms with Crippen LogP contribution in [-0.2, 0) is 0 Å². The van der Waals surface area contributed by atoms with Crippen molar-refractivity contribution in [1.29, 1.82) is 0 Å². The largest absolute Gasteiger partial charge is 0.314 e. The Balaban J connectivity index is 1.81. The lowest BCUT2D eigenvalue weighted by Gasteiger charge is -2.37. The highest BCUT2D eigenvalue weighted by atomic mass is 15.1. The van der Waals surface area contributed by atoms with Crippen molar-refractivity contribution >= 4 is 0 Å². The van der Waals surface area contributed by atoms with Gasteiger partial charge < -0.3 is 10.2 Å². The molecule has 2 atom stereocenters. The molecule has 2 fully saturated rings. The molecule has 2 heteroatoms. The Morgan fingerprint density at radius 3 is 2.25 bits per heavy atom. The van der Waals surface area contributed by atoms with Crippen LogP contribution in [0.1, 0.15) is 77.6 Å². The molecule has 0 aromatic heterocycles. The lowest BCUT2D eigenvalue weighted by Crippen LogP contribution is -2.45. The second-order valence-corrected chi connectivity index (χ2v) is 7.19. The van der Waals surface area contributed by atoms with E-state index < -0.39 is 0 Å². The van der Waals surface area contributed by atoms with Gasteiger partial charge in [-0.3, -0.25) is 0 Å². The van der Waals surface area contributed by atoms with Gasteiger partial charge in [-0.25, -0.2) is 0 Å². The van der Waals surface area contributed by atoms with Gasteiger partial charge in [-0.2, -0.15) is 0 Å². The normalized spacial score (nSPS) is 29.6. The van der Waals surface area contributed by atoms with Crippen LogP contribution in [-0.4, -0.2) is 37.1 Å². The summed E-state index contributed by atoms with van der Waals surface area (Å²) in [5.74, 6) is 0.892. The first-order valence-electron chi connectivity index (χ1n) is 9.25. The van der Waals surface area contributed by atoms with Crippen molar-refractivity contribution in [3.05, 3.63) is 0 Å². The molecule has 0 spiro atoms. The summed E-state index contributed by atoms with van der Waals surface area (Å²) in [4.78, 5) is 2.71. The number of hydrogen-bond acceptors (Lipinski definition) is 2. The van der Waals surface area contributed by atoms with Crippen LogP contribution in [0.15, 0.2) is 0 Å². The molecule has 2 nitrogen and oxygen atoms in total. The Hall–Kier alpha value is -0.0800. The van der Waals surface area contributed by atoms with Crippen molar-refractivity contribution in [1.82, 2.24) is 10.2 Å². The molecular formula is C18H36N2. The molecule has 2 aliphatic carbocycles. The fourth-order valence-corrected chi connectivity index (χ4v) is 4.24. The van der Waals surface area contributed by atoms with Gasteiger partial charge in [0.25, 0.3) is 0 Å². The van der Waals surface area contributed by atoms with E-state index in [4.69, 9.17) is 0 Å². The summed E-state index contributed by atoms with van der Waals surface area (Å²) in [5.41, 5.74) is 0. The van der Waals surface area contributed by atoms with E-state index >= 15 is 0 Å². The third-order valence-electron chi connectivity index (χ3n) is 5.54. The van der Waals surface area contributed by atoms with Crippen LogP contribution < -0.4 is 5.32 Å². The van der Waals surface area contributed by atoms with Crippen molar-refractivity contribution in [3.63, 3.8) is 0 Å². The standard InChI is InChI=1S/C18H36N2/c1-3-14-19-18-13-9-8-10-16(18)15-20(2)17-11-6-4-5-7-12-17/h16-19H,3-15H2,1-2H3. The third kappa shape index (κ3) is 5.04. The molecule has 1 N–H and O–H groups in total. The van der Waals surface area contributed by atoms with Crippen LogP contribution in [0, 0.1) is 5.92 Å². The van der Waals surface area contributed by atoms with Crippen LogP contribution in [0.25, 0.3) is 0 Å². The zero-order valence-electron chi connectivity index (χ0n) is 13.9. The monoisotopic (exact) mass is 280 g/mol. The lowest BCUT2D eigenvalue weighted by atomic mass is 9.83. The van der Waals surface area contributed by atoms with Gasteiger partial charge in [0.15, 0.2) is 0 Å². The summed E-state index contributed by atoms with van der Waals surface area (Å²) < 4.78 is 0. The van der Waals surface area contributed by atoms with Gasteiger partial charge in [0.05, 0.1) is 0 Å². The molecule has 20 heavy (non-hydrogen) atoms. The second kappa shape index (κ2) is 9.04. The first-order chi connectivity index (χ1) is 9.81. The first kappa shape index (κ1) is 16.3. The Kier molecular flexibility index (Phi) is 7.37. The third-order valence-corrected chi connectivity index (χ3v) is 5.54. The Bertz CT molecular complexity index is 246. The minimum Gasteiger partial charge on any atom is -0.314 e.